The van der Waals surface area contributed by atoms with Gasteiger partial charge >= 0.3 is 0 Å². The van der Waals surface area contributed by atoms with Crippen LogP contribution in [0.1, 0.15) is 17.7 Å². The summed E-state index contributed by atoms with van der Waals surface area (Å²) < 4.78 is 4.92. The van der Waals surface area contributed by atoms with E-state index in [2.05, 4.69) is 16.5 Å². The number of rotatable bonds is 1. The van der Waals surface area contributed by atoms with E-state index in [4.69, 9.17) is 10.3 Å². The maximum absolute atomic E-state index is 5.68. The second kappa shape index (κ2) is 3.22. The van der Waals surface area contributed by atoms with Gasteiger partial charge < -0.3 is 15.6 Å². The Morgan fingerprint density at radius 2 is 2.46 bits per heavy atom. The van der Waals surface area contributed by atoms with Crippen molar-refractivity contribution in [3.05, 3.63) is 17.3 Å². The Morgan fingerprint density at radius 3 is 3.00 bits per heavy atom. The second-order valence-corrected chi connectivity index (χ2v) is 3.19. The molecule has 0 saturated carbocycles. The molecule has 1 aromatic heterocycles. The van der Waals surface area contributed by atoms with Gasteiger partial charge in [-0.25, -0.2) is 0 Å². The number of nitrogens with one attached hydrogen (secondary N) is 1. The maximum atomic E-state index is 5.68. The summed E-state index contributed by atoms with van der Waals surface area (Å²) in [6.07, 6.45) is 3.13. The monoisotopic (exact) mass is 179 g/mol. The van der Waals surface area contributed by atoms with Gasteiger partial charge in [-0.2, -0.15) is 0 Å². The third kappa shape index (κ3) is 1.45. The second-order valence-electron chi connectivity index (χ2n) is 3.19. The van der Waals surface area contributed by atoms with Crippen LogP contribution in [-0.4, -0.2) is 18.2 Å². The molecule has 4 heteroatoms. The lowest BCUT2D eigenvalue weighted by molar-refractivity contribution is 0.431. The zero-order valence-corrected chi connectivity index (χ0v) is 7.63. The van der Waals surface area contributed by atoms with Crippen molar-refractivity contribution in [2.75, 3.05) is 18.8 Å². The number of hydrogen-bond donors (Lipinski definition) is 2. The summed E-state index contributed by atoms with van der Waals surface area (Å²) in [5.74, 6) is 0.436. The van der Waals surface area contributed by atoms with E-state index in [-0.39, 0.29) is 0 Å². The normalized spacial score (nSPS) is 17.2. The van der Waals surface area contributed by atoms with Crippen LogP contribution in [-0.2, 0) is 0 Å². The van der Waals surface area contributed by atoms with E-state index in [9.17, 15) is 0 Å². The molecule has 0 aliphatic carbocycles. The van der Waals surface area contributed by atoms with Gasteiger partial charge in [-0.1, -0.05) is 11.2 Å². The summed E-state index contributed by atoms with van der Waals surface area (Å²) in [5, 5.41) is 7.08. The SMILES string of the molecule is Cc1noc(N)c1C1=CCNCC1. The lowest BCUT2D eigenvalue weighted by Crippen LogP contribution is -2.20. The highest BCUT2D eigenvalue weighted by Crippen LogP contribution is 2.27. The number of aryl methyl sites for hydroxylation is 1. The average Bonchev–Trinajstić information content (AvgIpc) is 2.48. The predicted octanol–water partition coefficient (Wildman–Crippen LogP) is 0.942. The lowest BCUT2D eigenvalue weighted by Gasteiger charge is -2.12. The smallest absolute Gasteiger partial charge is 0.229 e. The highest BCUT2D eigenvalue weighted by atomic mass is 16.5. The molecule has 1 aromatic rings. The Kier molecular flexibility index (Phi) is 2.06. The first kappa shape index (κ1) is 8.31. The Hall–Kier alpha value is -1.29. The molecule has 0 amide bonds. The molecular weight excluding hydrogens is 166 g/mol. The highest BCUT2D eigenvalue weighted by molar-refractivity contribution is 5.74. The summed E-state index contributed by atoms with van der Waals surface area (Å²) in [4.78, 5) is 0. The third-order valence-electron chi connectivity index (χ3n) is 2.27. The van der Waals surface area contributed by atoms with Gasteiger partial charge in [0.25, 0.3) is 0 Å². The number of nitrogen functional groups attached to an aromatic ring is 1. The number of nitrogens with zero attached hydrogens (tertiary/aromatic N) is 1. The molecule has 13 heavy (non-hydrogen) atoms. The minimum absolute atomic E-state index is 0.436. The summed E-state index contributed by atoms with van der Waals surface area (Å²) in [6.45, 7) is 3.81. The van der Waals surface area contributed by atoms with Crippen LogP contribution in [0.4, 0.5) is 5.88 Å². The maximum Gasteiger partial charge on any atom is 0.229 e. The van der Waals surface area contributed by atoms with Crippen LogP contribution < -0.4 is 11.1 Å². The van der Waals surface area contributed by atoms with E-state index in [0.29, 0.717) is 5.88 Å². The van der Waals surface area contributed by atoms with Crippen molar-refractivity contribution in [2.24, 2.45) is 0 Å². The molecule has 70 valence electrons. The lowest BCUT2D eigenvalue weighted by atomic mass is 10.0. The van der Waals surface area contributed by atoms with Crippen LogP contribution in [0.2, 0.25) is 0 Å². The number of aromatic nitrogens is 1. The van der Waals surface area contributed by atoms with Crippen molar-refractivity contribution < 1.29 is 4.52 Å². The molecule has 0 saturated heterocycles. The first-order chi connectivity index (χ1) is 6.29. The zero-order chi connectivity index (χ0) is 9.26. The third-order valence-corrected chi connectivity index (χ3v) is 2.27. The van der Waals surface area contributed by atoms with Crippen molar-refractivity contribution in [3.63, 3.8) is 0 Å². The van der Waals surface area contributed by atoms with E-state index in [1.165, 1.54) is 5.57 Å². The molecule has 1 aliphatic rings. The molecule has 4 nitrogen and oxygen atoms in total. The number of nitrogens with two attached hydrogens (primary N) is 1. The first-order valence-electron chi connectivity index (χ1n) is 4.41. The van der Waals surface area contributed by atoms with Gasteiger partial charge in [0.1, 0.15) is 0 Å². The Labute approximate surface area is 76.8 Å². The Bertz CT molecular complexity index is 321. The van der Waals surface area contributed by atoms with Gasteiger partial charge in [0.2, 0.25) is 5.88 Å². The minimum atomic E-state index is 0.436. The largest absolute Gasteiger partial charge is 0.367 e. The quantitative estimate of drug-likeness (QED) is 0.673. The van der Waals surface area contributed by atoms with E-state index >= 15 is 0 Å². The van der Waals surface area contributed by atoms with E-state index < -0.39 is 0 Å². The number of hydrogen-bond acceptors (Lipinski definition) is 4. The molecule has 0 radical (unpaired) electrons. The Morgan fingerprint density at radius 1 is 1.62 bits per heavy atom. The molecule has 0 atom stereocenters. The van der Waals surface area contributed by atoms with Crippen LogP contribution in [0.5, 0.6) is 0 Å². The molecule has 3 N–H and O–H groups in total. The minimum Gasteiger partial charge on any atom is -0.367 e. The summed E-state index contributed by atoms with van der Waals surface area (Å²) in [7, 11) is 0. The zero-order valence-electron chi connectivity index (χ0n) is 7.63. The molecule has 0 aromatic carbocycles. The van der Waals surface area contributed by atoms with Gasteiger partial charge in [-0.15, -0.1) is 0 Å². The molecule has 0 spiro atoms. The van der Waals surface area contributed by atoms with Crippen molar-refractivity contribution in [3.8, 4) is 0 Å². The number of anilines is 1. The van der Waals surface area contributed by atoms with Crippen LogP contribution >= 0.6 is 0 Å². The fraction of sp³-hybridized carbons (Fsp3) is 0.444. The van der Waals surface area contributed by atoms with Crippen LogP contribution in [0.3, 0.4) is 0 Å². The van der Waals surface area contributed by atoms with Gasteiger partial charge in [-0.3, -0.25) is 0 Å². The molecule has 0 unspecified atom stereocenters. The topological polar surface area (TPSA) is 64.1 Å². The summed E-state index contributed by atoms with van der Waals surface area (Å²) in [6, 6.07) is 0. The van der Waals surface area contributed by atoms with Gasteiger partial charge in [0.15, 0.2) is 0 Å². The summed E-state index contributed by atoms with van der Waals surface area (Å²) in [5.41, 5.74) is 8.79. The average molecular weight is 179 g/mol. The van der Waals surface area contributed by atoms with E-state index in [1.54, 1.807) is 0 Å². The molecule has 0 fully saturated rings. The van der Waals surface area contributed by atoms with Crippen molar-refractivity contribution in [1.29, 1.82) is 0 Å². The fourth-order valence-electron chi connectivity index (χ4n) is 1.63. The molecule has 1 aliphatic heterocycles. The summed E-state index contributed by atoms with van der Waals surface area (Å²) >= 11 is 0. The fourth-order valence-corrected chi connectivity index (χ4v) is 1.63. The first-order valence-corrected chi connectivity index (χ1v) is 4.41. The molecular formula is C9H13N3O. The van der Waals surface area contributed by atoms with Crippen molar-refractivity contribution in [1.82, 2.24) is 10.5 Å². The molecule has 2 heterocycles. The Balaban J connectivity index is 2.38. The van der Waals surface area contributed by atoms with Crippen LogP contribution in [0.15, 0.2) is 10.6 Å². The molecule has 0 bridgehead atoms. The molecule has 2 rings (SSSR count). The van der Waals surface area contributed by atoms with Gasteiger partial charge in [0, 0.05) is 6.54 Å². The van der Waals surface area contributed by atoms with Crippen molar-refractivity contribution >= 4 is 11.5 Å². The predicted molar refractivity (Wildman–Crippen MR) is 51.1 cm³/mol. The standard InChI is InChI=1S/C9H13N3O/c1-6-8(9(10)13-12-6)7-2-4-11-5-3-7/h2,11H,3-5,10H2,1H3. The highest BCUT2D eigenvalue weighted by Gasteiger charge is 2.15. The van der Waals surface area contributed by atoms with E-state index in [1.807, 2.05) is 6.92 Å². The van der Waals surface area contributed by atoms with Crippen LogP contribution in [0.25, 0.3) is 5.57 Å². The van der Waals surface area contributed by atoms with E-state index in [0.717, 1.165) is 30.8 Å². The van der Waals surface area contributed by atoms with Gasteiger partial charge in [-0.05, 0) is 25.5 Å². The van der Waals surface area contributed by atoms with Crippen LogP contribution in [0, 0.1) is 6.92 Å². The van der Waals surface area contributed by atoms with Crippen molar-refractivity contribution in [2.45, 2.75) is 13.3 Å². The van der Waals surface area contributed by atoms with Gasteiger partial charge in [0.05, 0.1) is 11.3 Å².